The van der Waals surface area contributed by atoms with Gasteiger partial charge in [-0.25, -0.2) is 0 Å². The van der Waals surface area contributed by atoms with Crippen molar-refractivity contribution in [3.05, 3.63) is 59.7 Å². The van der Waals surface area contributed by atoms with E-state index >= 15 is 0 Å². The highest BCUT2D eigenvalue weighted by atomic mass is 32.2. The molecule has 2 aromatic carbocycles. The summed E-state index contributed by atoms with van der Waals surface area (Å²) in [5.74, 6) is -0.202. The molecule has 0 heterocycles. The number of nitriles is 1. The van der Waals surface area contributed by atoms with E-state index < -0.39 is 35.2 Å². The molecule has 1 unspecified atom stereocenters. The van der Waals surface area contributed by atoms with E-state index in [4.69, 9.17) is 5.26 Å². The molecule has 0 spiro atoms. The molecule has 1 amide bonds. The van der Waals surface area contributed by atoms with Crippen LogP contribution in [0.3, 0.4) is 0 Å². The van der Waals surface area contributed by atoms with Crippen LogP contribution in [0.15, 0.2) is 53.4 Å². The Morgan fingerprint density at radius 1 is 1.00 bits per heavy atom. The second-order valence-electron chi connectivity index (χ2n) is 6.65. The summed E-state index contributed by atoms with van der Waals surface area (Å²) in [5.41, 5.74) is -5.22. The number of hydrogen-bond acceptors (Lipinski definition) is 3. The Morgan fingerprint density at radius 3 is 1.94 bits per heavy atom. The number of alkyl halides is 6. The van der Waals surface area contributed by atoms with Crippen LogP contribution in [0.1, 0.15) is 30.9 Å². The Hall–Kier alpha value is -2.67. The van der Waals surface area contributed by atoms with Gasteiger partial charge < -0.3 is 5.32 Å². The average molecular weight is 460 g/mol. The van der Waals surface area contributed by atoms with Gasteiger partial charge in [0.1, 0.15) is 0 Å². The van der Waals surface area contributed by atoms with E-state index in [1.165, 1.54) is 0 Å². The first-order valence-electron chi connectivity index (χ1n) is 9.06. The molecule has 0 radical (unpaired) electrons. The Kier molecular flexibility index (Phi) is 7.32. The minimum atomic E-state index is -5.87. The molecule has 0 aromatic heterocycles. The lowest BCUT2D eigenvalue weighted by atomic mass is 9.80. The van der Waals surface area contributed by atoms with Crippen LogP contribution in [0.2, 0.25) is 0 Å². The summed E-state index contributed by atoms with van der Waals surface area (Å²) in [7, 11) is 0. The number of nitrogens with one attached hydrogen (secondary N) is 1. The van der Waals surface area contributed by atoms with E-state index in [-0.39, 0.29) is 5.69 Å². The topological polar surface area (TPSA) is 52.9 Å². The zero-order valence-electron chi connectivity index (χ0n) is 16.4. The Morgan fingerprint density at radius 2 is 1.52 bits per heavy atom. The average Bonchev–Trinajstić information content (AvgIpc) is 2.68. The molecule has 31 heavy (non-hydrogen) atoms. The van der Waals surface area contributed by atoms with Crippen molar-refractivity contribution >= 4 is 23.4 Å². The maximum atomic E-state index is 13.2. The summed E-state index contributed by atoms with van der Waals surface area (Å²) in [5, 5.41) is 11.3. The molecule has 0 bridgehead atoms. The molecule has 0 saturated heterocycles. The van der Waals surface area contributed by atoms with E-state index in [0.717, 1.165) is 22.8 Å². The third-order valence-corrected chi connectivity index (χ3v) is 5.58. The van der Waals surface area contributed by atoms with Crippen molar-refractivity contribution in [2.24, 2.45) is 0 Å². The lowest BCUT2D eigenvalue weighted by molar-refractivity contribution is -0.283. The van der Waals surface area contributed by atoms with Crippen LogP contribution in [0.4, 0.5) is 32.0 Å². The lowest BCUT2D eigenvalue weighted by Crippen LogP contribution is -2.52. The van der Waals surface area contributed by atoms with Gasteiger partial charge in [-0.3, -0.25) is 4.79 Å². The van der Waals surface area contributed by atoms with Crippen LogP contribution < -0.4 is 5.32 Å². The van der Waals surface area contributed by atoms with Gasteiger partial charge in [-0.2, -0.15) is 31.6 Å². The van der Waals surface area contributed by atoms with Crippen LogP contribution in [0.25, 0.3) is 0 Å². The van der Waals surface area contributed by atoms with E-state index in [1.807, 2.05) is 19.1 Å². The first kappa shape index (κ1) is 24.6. The van der Waals surface area contributed by atoms with Gasteiger partial charge in [0, 0.05) is 10.6 Å². The SMILES string of the molecule is CCSc1ccc(C(C)C(=O)Nc2ccc(C(C#N)(C(F)(F)F)C(F)(F)F)cc2)cc1. The Bertz CT molecular complexity index is 932. The number of amides is 1. The number of halogens is 6. The van der Waals surface area contributed by atoms with Gasteiger partial charge in [0.05, 0.1) is 12.0 Å². The molecule has 166 valence electrons. The van der Waals surface area contributed by atoms with Crippen LogP contribution >= 0.6 is 11.8 Å². The summed E-state index contributed by atoms with van der Waals surface area (Å²) in [4.78, 5) is 13.5. The van der Waals surface area contributed by atoms with Crippen LogP contribution in [-0.2, 0) is 10.2 Å². The van der Waals surface area contributed by atoms with Crippen LogP contribution in [0.5, 0.6) is 0 Å². The molecule has 0 aliphatic heterocycles. The number of thioether (sulfide) groups is 1. The molecule has 0 aliphatic carbocycles. The van der Waals surface area contributed by atoms with Gasteiger partial charge in [-0.15, -0.1) is 11.8 Å². The highest BCUT2D eigenvalue weighted by molar-refractivity contribution is 7.99. The summed E-state index contributed by atoms with van der Waals surface area (Å²) in [6, 6.07) is 10.6. The molecule has 10 heteroatoms. The fraction of sp³-hybridized carbons (Fsp3) is 0.333. The quantitative estimate of drug-likeness (QED) is 0.399. The van der Waals surface area contributed by atoms with Gasteiger partial charge in [-0.1, -0.05) is 31.2 Å². The fourth-order valence-corrected chi connectivity index (χ4v) is 3.57. The molecule has 1 atom stereocenters. The zero-order chi connectivity index (χ0) is 23.4. The molecule has 3 nitrogen and oxygen atoms in total. The molecule has 0 saturated carbocycles. The highest BCUT2D eigenvalue weighted by Crippen LogP contribution is 2.51. The number of anilines is 1. The van der Waals surface area contributed by atoms with E-state index in [2.05, 4.69) is 5.32 Å². The second-order valence-corrected chi connectivity index (χ2v) is 7.99. The van der Waals surface area contributed by atoms with Crippen molar-refractivity contribution in [2.45, 2.75) is 42.4 Å². The zero-order valence-corrected chi connectivity index (χ0v) is 17.3. The van der Waals surface area contributed by atoms with E-state index in [1.54, 1.807) is 30.8 Å². The van der Waals surface area contributed by atoms with E-state index in [9.17, 15) is 31.1 Å². The normalized spacial score (nSPS) is 13.4. The first-order valence-corrected chi connectivity index (χ1v) is 10.0. The molecule has 0 aliphatic rings. The van der Waals surface area contributed by atoms with Crippen molar-refractivity contribution in [2.75, 3.05) is 11.1 Å². The van der Waals surface area contributed by atoms with Crippen molar-refractivity contribution in [1.82, 2.24) is 0 Å². The predicted molar refractivity (Wildman–Crippen MR) is 106 cm³/mol. The third-order valence-electron chi connectivity index (χ3n) is 4.69. The highest BCUT2D eigenvalue weighted by Gasteiger charge is 2.72. The fourth-order valence-electron chi connectivity index (χ4n) is 2.90. The molecule has 2 rings (SSSR count). The number of benzene rings is 2. The summed E-state index contributed by atoms with van der Waals surface area (Å²) < 4.78 is 79.3. The Labute approximate surface area is 179 Å². The number of carbonyl (C=O) groups excluding carboxylic acids is 1. The van der Waals surface area contributed by atoms with Crippen molar-refractivity contribution in [3.8, 4) is 6.07 Å². The lowest BCUT2D eigenvalue weighted by Gasteiger charge is -2.31. The standard InChI is InChI=1S/C21H18F6N2OS/c1-3-31-17-10-4-14(5-11-17)13(2)18(30)29-16-8-6-15(7-9-16)19(12-28,20(22,23)24)21(25,26)27/h4-11,13H,3H2,1-2H3,(H,29,30). The molecular weight excluding hydrogens is 442 g/mol. The maximum Gasteiger partial charge on any atom is 0.420 e. The summed E-state index contributed by atoms with van der Waals surface area (Å²) in [6.07, 6.45) is -11.7. The molecule has 0 fully saturated rings. The monoisotopic (exact) mass is 460 g/mol. The second kappa shape index (κ2) is 9.22. The van der Waals surface area contributed by atoms with Crippen molar-refractivity contribution in [3.63, 3.8) is 0 Å². The number of hydrogen-bond donors (Lipinski definition) is 1. The van der Waals surface area contributed by atoms with E-state index in [0.29, 0.717) is 23.8 Å². The van der Waals surface area contributed by atoms with Gasteiger partial charge in [0.15, 0.2) is 0 Å². The first-order chi connectivity index (χ1) is 14.4. The molecular formula is C21H18F6N2OS. The predicted octanol–water partition coefficient (Wildman–Crippen LogP) is 6.43. The van der Waals surface area contributed by atoms with Gasteiger partial charge >= 0.3 is 12.4 Å². The Balaban J connectivity index is 2.23. The van der Waals surface area contributed by atoms with Gasteiger partial charge in [0.2, 0.25) is 5.91 Å². The number of rotatable bonds is 6. The van der Waals surface area contributed by atoms with Gasteiger partial charge in [0.25, 0.3) is 5.41 Å². The third kappa shape index (κ3) is 4.98. The van der Waals surface area contributed by atoms with Crippen molar-refractivity contribution < 1.29 is 31.1 Å². The minimum absolute atomic E-state index is 0.00921. The maximum absolute atomic E-state index is 13.2. The van der Waals surface area contributed by atoms with Crippen LogP contribution in [-0.4, -0.2) is 24.0 Å². The van der Waals surface area contributed by atoms with Crippen LogP contribution in [0, 0.1) is 11.3 Å². The van der Waals surface area contributed by atoms with Gasteiger partial charge in [-0.05, 0) is 48.1 Å². The molecule has 2 aromatic rings. The summed E-state index contributed by atoms with van der Waals surface area (Å²) in [6.45, 7) is 3.63. The largest absolute Gasteiger partial charge is 0.420 e. The summed E-state index contributed by atoms with van der Waals surface area (Å²) >= 11 is 1.63. The number of nitrogens with zero attached hydrogens (tertiary/aromatic N) is 1. The number of carbonyl (C=O) groups is 1. The smallest absolute Gasteiger partial charge is 0.326 e. The molecule has 1 N–H and O–H groups in total. The minimum Gasteiger partial charge on any atom is -0.326 e. The van der Waals surface area contributed by atoms with Crippen molar-refractivity contribution in [1.29, 1.82) is 5.26 Å².